The second-order valence-corrected chi connectivity index (χ2v) is 3.01. The Morgan fingerprint density at radius 1 is 1.47 bits per heavy atom. The first-order valence-corrected chi connectivity index (χ1v) is 4.21. The van der Waals surface area contributed by atoms with E-state index in [4.69, 9.17) is 0 Å². The van der Waals surface area contributed by atoms with Crippen molar-refractivity contribution < 1.29 is 22.7 Å². The minimum atomic E-state index is -2.96. The summed E-state index contributed by atoms with van der Waals surface area (Å²) in [5.41, 5.74) is 0.0562. The molecule has 0 saturated heterocycles. The SMILES string of the molecule is CC(=O)Cc1cc(OC(F)F)ccc1F. The van der Waals surface area contributed by atoms with Crippen molar-refractivity contribution >= 4 is 5.78 Å². The Morgan fingerprint density at radius 3 is 2.67 bits per heavy atom. The molecule has 0 fully saturated rings. The third-order valence-electron chi connectivity index (χ3n) is 1.68. The number of alkyl halides is 2. The van der Waals surface area contributed by atoms with Crippen molar-refractivity contribution in [2.75, 3.05) is 0 Å². The molecule has 0 atom stereocenters. The van der Waals surface area contributed by atoms with E-state index in [0.717, 1.165) is 18.2 Å². The molecule has 1 rings (SSSR count). The van der Waals surface area contributed by atoms with E-state index in [1.807, 2.05) is 0 Å². The highest BCUT2D eigenvalue weighted by Crippen LogP contribution is 2.19. The Kier molecular flexibility index (Phi) is 3.71. The smallest absolute Gasteiger partial charge is 0.387 e. The maximum absolute atomic E-state index is 13.1. The topological polar surface area (TPSA) is 26.3 Å². The van der Waals surface area contributed by atoms with Crippen molar-refractivity contribution in [3.63, 3.8) is 0 Å². The van der Waals surface area contributed by atoms with Crippen LogP contribution in [0.5, 0.6) is 5.75 Å². The molecule has 0 unspecified atom stereocenters. The minimum Gasteiger partial charge on any atom is -0.435 e. The quantitative estimate of drug-likeness (QED) is 0.776. The Labute approximate surface area is 84.7 Å². The molecular formula is C10H9F3O2. The number of ketones is 1. The minimum absolute atomic E-state index is 0.0562. The summed E-state index contributed by atoms with van der Waals surface area (Å²) >= 11 is 0. The normalized spacial score (nSPS) is 10.5. The van der Waals surface area contributed by atoms with Crippen LogP contribution in [0.3, 0.4) is 0 Å². The summed E-state index contributed by atoms with van der Waals surface area (Å²) in [6.07, 6.45) is -0.133. The summed E-state index contributed by atoms with van der Waals surface area (Å²) < 4.78 is 40.8. The van der Waals surface area contributed by atoms with E-state index in [9.17, 15) is 18.0 Å². The van der Waals surface area contributed by atoms with Crippen molar-refractivity contribution in [3.8, 4) is 5.75 Å². The first-order chi connectivity index (χ1) is 6.99. The molecule has 82 valence electrons. The lowest BCUT2D eigenvalue weighted by Crippen LogP contribution is -2.04. The van der Waals surface area contributed by atoms with Crippen LogP contribution in [0.25, 0.3) is 0 Å². The van der Waals surface area contributed by atoms with Crippen molar-refractivity contribution in [2.24, 2.45) is 0 Å². The van der Waals surface area contributed by atoms with Crippen molar-refractivity contribution in [1.82, 2.24) is 0 Å². The van der Waals surface area contributed by atoms with Crippen LogP contribution < -0.4 is 4.74 Å². The number of carbonyl (C=O) groups excluding carboxylic acids is 1. The number of hydrogen-bond acceptors (Lipinski definition) is 2. The van der Waals surface area contributed by atoms with Gasteiger partial charge in [0.2, 0.25) is 0 Å². The lowest BCUT2D eigenvalue weighted by atomic mass is 10.1. The fourth-order valence-corrected chi connectivity index (χ4v) is 1.13. The third-order valence-corrected chi connectivity index (χ3v) is 1.68. The molecule has 0 spiro atoms. The first-order valence-electron chi connectivity index (χ1n) is 4.21. The highest BCUT2D eigenvalue weighted by Gasteiger charge is 2.09. The van der Waals surface area contributed by atoms with Gasteiger partial charge in [0, 0.05) is 6.42 Å². The van der Waals surface area contributed by atoms with Gasteiger partial charge in [-0.3, -0.25) is 4.79 Å². The zero-order valence-electron chi connectivity index (χ0n) is 7.97. The van der Waals surface area contributed by atoms with E-state index in [2.05, 4.69) is 4.74 Å². The van der Waals surface area contributed by atoms with Crippen molar-refractivity contribution in [3.05, 3.63) is 29.6 Å². The molecule has 0 N–H and O–H groups in total. The number of rotatable bonds is 4. The second kappa shape index (κ2) is 4.82. The predicted octanol–water partition coefficient (Wildman–Crippen LogP) is 2.56. The van der Waals surface area contributed by atoms with Gasteiger partial charge in [-0.2, -0.15) is 8.78 Å². The molecule has 0 aliphatic carbocycles. The van der Waals surface area contributed by atoms with E-state index in [1.54, 1.807) is 0 Å². The second-order valence-electron chi connectivity index (χ2n) is 3.01. The molecule has 0 saturated carbocycles. The molecule has 2 nitrogen and oxygen atoms in total. The summed E-state index contributed by atoms with van der Waals surface area (Å²) in [5.74, 6) is -1.00. The van der Waals surface area contributed by atoms with Gasteiger partial charge >= 0.3 is 6.61 Å². The molecule has 0 aliphatic heterocycles. The molecule has 0 heterocycles. The maximum atomic E-state index is 13.1. The summed E-state index contributed by atoms with van der Waals surface area (Å²) in [4.78, 5) is 10.7. The van der Waals surface area contributed by atoms with Crippen LogP contribution in [0, 0.1) is 5.82 Å². The summed E-state index contributed by atoms with van der Waals surface area (Å²) in [5, 5.41) is 0. The number of carbonyl (C=O) groups is 1. The van der Waals surface area contributed by atoms with Gasteiger partial charge in [-0.25, -0.2) is 4.39 Å². The zero-order valence-corrected chi connectivity index (χ0v) is 7.97. The number of halogens is 3. The Balaban J connectivity index is 2.89. The van der Waals surface area contributed by atoms with Crippen LogP contribution in [0.15, 0.2) is 18.2 Å². The molecule has 0 radical (unpaired) electrons. The van der Waals surface area contributed by atoms with Crippen molar-refractivity contribution in [2.45, 2.75) is 20.0 Å². The van der Waals surface area contributed by atoms with Crippen LogP contribution in [0.2, 0.25) is 0 Å². The van der Waals surface area contributed by atoms with Crippen LogP contribution in [-0.4, -0.2) is 12.4 Å². The summed E-state index contributed by atoms with van der Waals surface area (Å²) in [6.45, 7) is -1.67. The Morgan fingerprint density at radius 2 is 2.13 bits per heavy atom. The molecule has 0 aromatic heterocycles. The maximum Gasteiger partial charge on any atom is 0.387 e. The van der Waals surface area contributed by atoms with Crippen LogP contribution in [0.4, 0.5) is 13.2 Å². The average Bonchev–Trinajstić information content (AvgIpc) is 2.09. The van der Waals surface area contributed by atoms with E-state index < -0.39 is 12.4 Å². The predicted molar refractivity (Wildman–Crippen MR) is 47.4 cm³/mol. The fraction of sp³-hybridized carbons (Fsp3) is 0.300. The van der Waals surface area contributed by atoms with Crippen LogP contribution in [0.1, 0.15) is 12.5 Å². The highest BCUT2D eigenvalue weighted by molar-refractivity contribution is 5.78. The molecule has 1 aromatic carbocycles. The largest absolute Gasteiger partial charge is 0.435 e. The highest BCUT2D eigenvalue weighted by atomic mass is 19.3. The fourth-order valence-electron chi connectivity index (χ4n) is 1.13. The van der Waals surface area contributed by atoms with Crippen molar-refractivity contribution in [1.29, 1.82) is 0 Å². The van der Waals surface area contributed by atoms with Gasteiger partial charge in [-0.05, 0) is 30.7 Å². The first kappa shape index (κ1) is 11.6. The van der Waals surface area contributed by atoms with E-state index in [-0.39, 0.29) is 23.5 Å². The molecule has 15 heavy (non-hydrogen) atoms. The number of Topliss-reactive ketones (excluding diaryl/α,β-unsaturated/α-hetero) is 1. The molecule has 0 aliphatic rings. The molecule has 5 heteroatoms. The zero-order chi connectivity index (χ0) is 11.4. The van der Waals surface area contributed by atoms with E-state index >= 15 is 0 Å². The van der Waals surface area contributed by atoms with Gasteiger partial charge in [0.25, 0.3) is 0 Å². The molecule has 0 amide bonds. The van der Waals surface area contributed by atoms with Gasteiger partial charge in [0.05, 0.1) is 0 Å². The Hall–Kier alpha value is -1.52. The van der Waals surface area contributed by atoms with Gasteiger partial charge in [0.15, 0.2) is 0 Å². The summed E-state index contributed by atoms with van der Waals surface area (Å²) in [7, 11) is 0. The number of ether oxygens (including phenoxy) is 1. The van der Waals surface area contributed by atoms with Gasteiger partial charge in [-0.1, -0.05) is 0 Å². The molecule has 0 bridgehead atoms. The van der Waals surface area contributed by atoms with Crippen LogP contribution in [-0.2, 0) is 11.2 Å². The van der Waals surface area contributed by atoms with Gasteiger partial charge < -0.3 is 4.74 Å². The Bertz CT molecular complexity index is 364. The lowest BCUT2D eigenvalue weighted by Gasteiger charge is -2.06. The standard InChI is InChI=1S/C10H9F3O2/c1-6(14)4-7-5-8(15-10(12)13)2-3-9(7)11/h2-3,5,10H,4H2,1H3. The number of hydrogen-bond donors (Lipinski definition) is 0. The third kappa shape index (κ3) is 3.61. The molecular weight excluding hydrogens is 209 g/mol. The lowest BCUT2D eigenvalue weighted by molar-refractivity contribution is -0.116. The summed E-state index contributed by atoms with van der Waals surface area (Å²) in [6, 6.07) is 3.18. The van der Waals surface area contributed by atoms with E-state index in [0.29, 0.717) is 0 Å². The van der Waals surface area contributed by atoms with Gasteiger partial charge in [0.1, 0.15) is 17.3 Å². The molecule has 1 aromatic rings. The van der Waals surface area contributed by atoms with Gasteiger partial charge in [-0.15, -0.1) is 0 Å². The monoisotopic (exact) mass is 218 g/mol. The van der Waals surface area contributed by atoms with Crippen LogP contribution >= 0.6 is 0 Å². The van der Waals surface area contributed by atoms with E-state index in [1.165, 1.54) is 6.92 Å². The average molecular weight is 218 g/mol. The number of benzene rings is 1.